The number of rotatable bonds is 3. The molecule has 1 fully saturated rings. The molecule has 1 aromatic rings. The van der Waals surface area contributed by atoms with Gasteiger partial charge in [-0.2, -0.15) is 0 Å². The molecule has 0 aliphatic carbocycles. The Morgan fingerprint density at radius 3 is 2.61 bits per heavy atom. The van der Waals surface area contributed by atoms with Gasteiger partial charge in [-0.05, 0) is 57.0 Å². The number of nitrogens with zero attached hydrogens (tertiary/aromatic N) is 1. The second-order valence-corrected chi connectivity index (χ2v) is 5.66. The first-order valence-electron chi connectivity index (χ1n) is 6.54. The summed E-state index contributed by atoms with van der Waals surface area (Å²) >= 11 is 6.25. The van der Waals surface area contributed by atoms with Crippen molar-refractivity contribution in [1.29, 1.82) is 0 Å². The highest BCUT2D eigenvalue weighted by Crippen LogP contribution is 2.23. The SMILES string of the molecule is CC(=O)C1CCN(Cc2ccc(C)cc2Cl)CC1. The van der Waals surface area contributed by atoms with E-state index in [1.807, 2.05) is 13.0 Å². The molecule has 0 bridgehead atoms. The van der Waals surface area contributed by atoms with E-state index in [-0.39, 0.29) is 5.92 Å². The maximum absolute atomic E-state index is 11.3. The number of aryl methyl sites for hydroxylation is 1. The minimum atomic E-state index is 0.273. The Morgan fingerprint density at radius 1 is 1.39 bits per heavy atom. The second-order valence-electron chi connectivity index (χ2n) is 5.26. The molecule has 18 heavy (non-hydrogen) atoms. The maximum atomic E-state index is 11.3. The molecule has 2 rings (SSSR count). The molecule has 0 radical (unpaired) electrons. The normalized spacial score (nSPS) is 17.9. The van der Waals surface area contributed by atoms with Crippen LogP contribution in [0.1, 0.15) is 30.9 Å². The highest BCUT2D eigenvalue weighted by Gasteiger charge is 2.22. The van der Waals surface area contributed by atoms with Crippen LogP contribution in [0.15, 0.2) is 18.2 Å². The van der Waals surface area contributed by atoms with Gasteiger partial charge in [-0.1, -0.05) is 23.7 Å². The minimum absolute atomic E-state index is 0.273. The number of ketones is 1. The van der Waals surface area contributed by atoms with Crippen molar-refractivity contribution >= 4 is 17.4 Å². The van der Waals surface area contributed by atoms with E-state index in [0.29, 0.717) is 5.78 Å². The van der Waals surface area contributed by atoms with Gasteiger partial charge >= 0.3 is 0 Å². The standard InChI is InChI=1S/C15H20ClNO/c1-11-3-4-14(15(16)9-11)10-17-7-5-13(6-8-17)12(2)18/h3-4,9,13H,5-8,10H2,1-2H3. The third-order valence-electron chi connectivity index (χ3n) is 3.77. The number of likely N-dealkylation sites (tertiary alicyclic amines) is 1. The van der Waals surface area contributed by atoms with E-state index < -0.39 is 0 Å². The third-order valence-corrected chi connectivity index (χ3v) is 4.12. The number of piperidine rings is 1. The zero-order chi connectivity index (χ0) is 13.1. The Morgan fingerprint density at radius 2 is 2.06 bits per heavy atom. The third kappa shape index (κ3) is 3.33. The first kappa shape index (κ1) is 13.6. The smallest absolute Gasteiger partial charge is 0.133 e. The molecule has 1 aliphatic rings. The number of Topliss-reactive ketones (excluding diaryl/α,β-unsaturated/α-hetero) is 1. The van der Waals surface area contributed by atoms with Crippen LogP contribution in [-0.2, 0) is 11.3 Å². The van der Waals surface area contributed by atoms with Gasteiger partial charge in [-0.25, -0.2) is 0 Å². The van der Waals surface area contributed by atoms with Crippen LogP contribution < -0.4 is 0 Å². The van der Waals surface area contributed by atoms with E-state index in [1.54, 1.807) is 6.92 Å². The molecule has 0 saturated carbocycles. The molecule has 1 aliphatic heterocycles. The molecule has 1 saturated heterocycles. The van der Waals surface area contributed by atoms with Crippen molar-refractivity contribution in [3.8, 4) is 0 Å². The predicted molar refractivity (Wildman–Crippen MR) is 74.9 cm³/mol. The minimum Gasteiger partial charge on any atom is -0.300 e. The lowest BCUT2D eigenvalue weighted by Crippen LogP contribution is -2.35. The van der Waals surface area contributed by atoms with Gasteiger partial charge in [0, 0.05) is 17.5 Å². The van der Waals surface area contributed by atoms with Crippen molar-refractivity contribution in [2.75, 3.05) is 13.1 Å². The molecule has 3 heteroatoms. The monoisotopic (exact) mass is 265 g/mol. The summed E-state index contributed by atoms with van der Waals surface area (Å²) < 4.78 is 0. The van der Waals surface area contributed by atoms with Crippen molar-refractivity contribution in [3.05, 3.63) is 34.3 Å². The molecule has 0 amide bonds. The van der Waals surface area contributed by atoms with E-state index in [1.165, 1.54) is 11.1 Å². The van der Waals surface area contributed by atoms with Crippen LogP contribution in [0, 0.1) is 12.8 Å². The van der Waals surface area contributed by atoms with Crippen molar-refractivity contribution in [1.82, 2.24) is 4.90 Å². The molecule has 0 N–H and O–H groups in total. The predicted octanol–water partition coefficient (Wildman–Crippen LogP) is 3.45. The molecule has 1 heterocycles. The lowest BCUT2D eigenvalue weighted by molar-refractivity contribution is -0.122. The van der Waals surface area contributed by atoms with Gasteiger partial charge in [0.25, 0.3) is 0 Å². The van der Waals surface area contributed by atoms with Crippen LogP contribution in [0.25, 0.3) is 0 Å². The maximum Gasteiger partial charge on any atom is 0.133 e. The van der Waals surface area contributed by atoms with Gasteiger partial charge in [0.05, 0.1) is 0 Å². The number of hydrogen-bond donors (Lipinski definition) is 0. The van der Waals surface area contributed by atoms with Crippen LogP contribution in [0.2, 0.25) is 5.02 Å². The molecular formula is C15H20ClNO. The van der Waals surface area contributed by atoms with Crippen LogP contribution in [0.4, 0.5) is 0 Å². The zero-order valence-electron chi connectivity index (χ0n) is 11.1. The Labute approximate surface area is 114 Å². The first-order chi connectivity index (χ1) is 8.56. The van der Waals surface area contributed by atoms with E-state index in [2.05, 4.69) is 17.0 Å². The van der Waals surface area contributed by atoms with Crippen LogP contribution in [0.5, 0.6) is 0 Å². The number of carbonyl (C=O) groups excluding carboxylic acids is 1. The van der Waals surface area contributed by atoms with Gasteiger partial charge in [-0.15, -0.1) is 0 Å². The summed E-state index contributed by atoms with van der Waals surface area (Å²) in [5.41, 5.74) is 2.38. The van der Waals surface area contributed by atoms with Crippen molar-refractivity contribution in [2.24, 2.45) is 5.92 Å². The Hall–Kier alpha value is -0.860. The van der Waals surface area contributed by atoms with Crippen LogP contribution in [0.3, 0.4) is 0 Å². The largest absolute Gasteiger partial charge is 0.300 e. The average molecular weight is 266 g/mol. The summed E-state index contributed by atoms with van der Waals surface area (Å²) in [4.78, 5) is 13.7. The van der Waals surface area contributed by atoms with E-state index in [4.69, 9.17) is 11.6 Å². The van der Waals surface area contributed by atoms with E-state index in [9.17, 15) is 4.79 Å². The number of benzene rings is 1. The van der Waals surface area contributed by atoms with Crippen molar-refractivity contribution in [2.45, 2.75) is 33.2 Å². The fraction of sp³-hybridized carbons (Fsp3) is 0.533. The van der Waals surface area contributed by atoms with Crippen LogP contribution >= 0.6 is 11.6 Å². The van der Waals surface area contributed by atoms with Crippen LogP contribution in [-0.4, -0.2) is 23.8 Å². The van der Waals surface area contributed by atoms with Crippen molar-refractivity contribution < 1.29 is 4.79 Å². The van der Waals surface area contributed by atoms with Gasteiger partial charge < -0.3 is 0 Å². The summed E-state index contributed by atoms with van der Waals surface area (Å²) in [7, 11) is 0. The first-order valence-corrected chi connectivity index (χ1v) is 6.92. The zero-order valence-corrected chi connectivity index (χ0v) is 11.8. The van der Waals surface area contributed by atoms with E-state index in [0.717, 1.165) is 37.5 Å². The molecule has 0 unspecified atom stereocenters. The fourth-order valence-electron chi connectivity index (χ4n) is 2.52. The van der Waals surface area contributed by atoms with Gasteiger partial charge in [0.15, 0.2) is 0 Å². The van der Waals surface area contributed by atoms with Gasteiger partial charge in [-0.3, -0.25) is 9.69 Å². The van der Waals surface area contributed by atoms with E-state index >= 15 is 0 Å². The number of hydrogen-bond acceptors (Lipinski definition) is 2. The summed E-state index contributed by atoms with van der Waals surface area (Å²) in [5.74, 6) is 0.609. The fourth-order valence-corrected chi connectivity index (χ4v) is 2.81. The van der Waals surface area contributed by atoms with Gasteiger partial charge in [0.2, 0.25) is 0 Å². The number of carbonyl (C=O) groups is 1. The molecule has 1 aromatic carbocycles. The summed E-state index contributed by atoms with van der Waals surface area (Å²) in [6.07, 6.45) is 1.97. The molecule has 0 atom stereocenters. The molecule has 0 aromatic heterocycles. The summed E-state index contributed by atoms with van der Waals surface area (Å²) in [6, 6.07) is 6.22. The molecule has 98 valence electrons. The quantitative estimate of drug-likeness (QED) is 0.834. The molecular weight excluding hydrogens is 246 g/mol. The summed E-state index contributed by atoms with van der Waals surface area (Å²) in [6.45, 7) is 6.64. The summed E-state index contributed by atoms with van der Waals surface area (Å²) in [5, 5.41) is 0.851. The average Bonchev–Trinajstić information content (AvgIpc) is 2.33. The van der Waals surface area contributed by atoms with Gasteiger partial charge in [0.1, 0.15) is 5.78 Å². The second kappa shape index (κ2) is 5.85. The lowest BCUT2D eigenvalue weighted by Gasteiger charge is -2.31. The topological polar surface area (TPSA) is 20.3 Å². The Bertz CT molecular complexity index is 436. The molecule has 0 spiro atoms. The number of halogens is 1. The van der Waals surface area contributed by atoms with Crippen molar-refractivity contribution in [3.63, 3.8) is 0 Å². The highest BCUT2D eigenvalue weighted by molar-refractivity contribution is 6.31. The molecule has 2 nitrogen and oxygen atoms in total. The highest BCUT2D eigenvalue weighted by atomic mass is 35.5. The Balaban J connectivity index is 1.93. The Kier molecular flexibility index (Phi) is 4.41. The lowest BCUT2D eigenvalue weighted by atomic mass is 9.93.